The zero-order valence-electron chi connectivity index (χ0n) is 6.42. The molecule has 0 radical (unpaired) electrons. The summed E-state index contributed by atoms with van der Waals surface area (Å²) in [5.41, 5.74) is 5.35. The number of methoxy groups -OCH3 is 1. The van der Waals surface area contributed by atoms with Crippen LogP contribution in [0, 0.1) is 5.41 Å². The Labute approximate surface area is 71.7 Å². The van der Waals surface area contributed by atoms with Gasteiger partial charge in [0.15, 0.2) is 0 Å². The molecule has 2 aliphatic rings. The van der Waals surface area contributed by atoms with E-state index in [1.165, 1.54) is 7.11 Å². The Hall–Kier alpha value is -0.280. The van der Waals surface area contributed by atoms with Gasteiger partial charge in [-0.25, -0.2) is 0 Å². The van der Waals surface area contributed by atoms with Crippen LogP contribution in [0.4, 0.5) is 0 Å². The molecular formula is C7H12ClNO2. The Kier molecular flexibility index (Phi) is 1.69. The van der Waals surface area contributed by atoms with Crippen molar-refractivity contribution in [3.05, 3.63) is 0 Å². The number of carbonyl (C=O) groups excluding carboxylic acids is 1. The SMILES string of the molecule is COC(=O)C1(N)CC12CC2.Cl. The van der Waals surface area contributed by atoms with Crippen molar-refractivity contribution >= 4 is 18.4 Å². The molecular weight excluding hydrogens is 166 g/mol. The van der Waals surface area contributed by atoms with E-state index in [1.54, 1.807) is 0 Å². The second-order valence-corrected chi connectivity index (χ2v) is 3.42. The van der Waals surface area contributed by atoms with E-state index < -0.39 is 5.54 Å². The maximum atomic E-state index is 11.0. The number of rotatable bonds is 1. The molecule has 1 unspecified atom stereocenters. The van der Waals surface area contributed by atoms with Crippen LogP contribution in [0.15, 0.2) is 0 Å². The van der Waals surface area contributed by atoms with Gasteiger partial charge in [-0.15, -0.1) is 12.4 Å². The van der Waals surface area contributed by atoms with Crippen LogP contribution >= 0.6 is 12.4 Å². The molecule has 1 atom stereocenters. The highest BCUT2D eigenvalue weighted by atomic mass is 35.5. The van der Waals surface area contributed by atoms with E-state index in [-0.39, 0.29) is 23.8 Å². The Morgan fingerprint density at radius 2 is 2.09 bits per heavy atom. The highest BCUT2D eigenvalue weighted by molar-refractivity contribution is 5.87. The molecule has 0 aromatic rings. The Morgan fingerprint density at radius 3 is 2.36 bits per heavy atom. The van der Waals surface area contributed by atoms with Gasteiger partial charge >= 0.3 is 5.97 Å². The lowest BCUT2D eigenvalue weighted by Crippen LogP contribution is -2.36. The largest absolute Gasteiger partial charge is 0.468 e. The van der Waals surface area contributed by atoms with Crippen LogP contribution in [0.25, 0.3) is 0 Å². The highest BCUT2D eigenvalue weighted by Gasteiger charge is 2.76. The monoisotopic (exact) mass is 177 g/mol. The zero-order chi connectivity index (χ0) is 7.41. The molecule has 2 rings (SSSR count). The summed E-state index contributed by atoms with van der Waals surface area (Å²) < 4.78 is 4.59. The minimum absolute atomic E-state index is 0. The molecule has 0 aromatic heterocycles. The van der Waals surface area contributed by atoms with Crippen molar-refractivity contribution in [2.75, 3.05) is 7.11 Å². The van der Waals surface area contributed by atoms with Crippen LogP contribution in [-0.4, -0.2) is 18.6 Å². The second-order valence-electron chi connectivity index (χ2n) is 3.42. The molecule has 2 N–H and O–H groups in total. The molecule has 0 bridgehead atoms. The molecule has 0 heterocycles. The van der Waals surface area contributed by atoms with Crippen LogP contribution in [-0.2, 0) is 9.53 Å². The summed E-state index contributed by atoms with van der Waals surface area (Å²) in [5.74, 6) is -0.231. The summed E-state index contributed by atoms with van der Waals surface area (Å²) in [7, 11) is 1.39. The molecule has 4 heteroatoms. The van der Waals surface area contributed by atoms with Crippen LogP contribution in [0.2, 0.25) is 0 Å². The molecule has 2 aliphatic carbocycles. The van der Waals surface area contributed by atoms with Crippen molar-refractivity contribution in [3.8, 4) is 0 Å². The van der Waals surface area contributed by atoms with Crippen LogP contribution < -0.4 is 5.73 Å². The van der Waals surface area contributed by atoms with Crippen LogP contribution in [0.1, 0.15) is 19.3 Å². The minimum atomic E-state index is -0.595. The van der Waals surface area contributed by atoms with Gasteiger partial charge in [0.1, 0.15) is 5.54 Å². The van der Waals surface area contributed by atoms with Crippen molar-refractivity contribution in [1.82, 2.24) is 0 Å². The summed E-state index contributed by atoms with van der Waals surface area (Å²) in [6, 6.07) is 0. The van der Waals surface area contributed by atoms with Gasteiger partial charge in [0.25, 0.3) is 0 Å². The fraction of sp³-hybridized carbons (Fsp3) is 0.857. The number of esters is 1. The lowest BCUT2D eigenvalue weighted by molar-refractivity contribution is -0.143. The Balaban J connectivity index is 0.000000605. The van der Waals surface area contributed by atoms with E-state index >= 15 is 0 Å². The number of hydrogen-bond donors (Lipinski definition) is 1. The Bertz CT molecular complexity index is 203. The molecule has 0 saturated heterocycles. The van der Waals surface area contributed by atoms with Crippen molar-refractivity contribution in [1.29, 1.82) is 0 Å². The summed E-state index contributed by atoms with van der Waals surface area (Å²) in [4.78, 5) is 11.0. The fourth-order valence-electron chi connectivity index (χ4n) is 1.73. The first-order valence-electron chi connectivity index (χ1n) is 3.52. The summed E-state index contributed by atoms with van der Waals surface area (Å²) >= 11 is 0. The average Bonchev–Trinajstić information content (AvgIpc) is 2.77. The van der Waals surface area contributed by atoms with Crippen molar-refractivity contribution < 1.29 is 9.53 Å². The van der Waals surface area contributed by atoms with Crippen LogP contribution in [0.3, 0.4) is 0 Å². The average molecular weight is 178 g/mol. The standard InChI is InChI=1S/C7H11NO2.ClH/c1-10-5(9)7(8)4-6(7)2-3-6;/h2-4,8H2,1H3;1H. The lowest BCUT2D eigenvalue weighted by Gasteiger charge is -2.06. The van der Waals surface area contributed by atoms with E-state index in [9.17, 15) is 4.79 Å². The second kappa shape index (κ2) is 2.11. The normalized spacial score (nSPS) is 35.8. The number of hydrogen-bond acceptors (Lipinski definition) is 3. The summed E-state index contributed by atoms with van der Waals surface area (Å²) in [5, 5.41) is 0. The fourth-order valence-corrected chi connectivity index (χ4v) is 1.73. The maximum absolute atomic E-state index is 11.0. The molecule has 11 heavy (non-hydrogen) atoms. The number of nitrogens with two attached hydrogens (primary N) is 1. The van der Waals surface area contributed by atoms with Crippen LogP contribution in [0.5, 0.6) is 0 Å². The number of ether oxygens (including phenoxy) is 1. The molecule has 1 spiro atoms. The maximum Gasteiger partial charge on any atom is 0.326 e. The van der Waals surface area contributed by atoms with Gasteiger partial charge in [-0.2, -0.15) is 0 Å². The first-order valence-corrected chi connectivity index (χ1v) is 3.52. The van der Waals surface area contributed by atoms with Crippen molar-refractivity contribution in [2.45, 2.75) is 24.8 Å². The number of carbonyl (C=O) groups is 1. The summed E-state index contributed by atoms with van der Waals surface area (Å²) in [6.07, 6.45) is 3.06. The third-order valence-electron chi connectivity index (χ3n) is 2.84. The minimum Gasteiger partial charge on any atom is -0.468 e. The zero-order valence-corrected chi connectivity index (χ0v) is 7.24. The predicted octanol–water partition coefficient (Wildman–Crippen LogP) is 0.463. The molecule has 64 valence electrons. The topological polar surface area (TPSA) is 52.3 Å². The Morgan fingerprint density at radius 1 is 1.55 bits per heavy atom. The summed E-state index contributed by atoms with van der Waals surface area (Å²) in [6.45, 7) is 0. The molecule has 0 amide bonds. The molecule has 0 aliphatic heterocycles. The quantitative estimate of drug-likeness (QED) is 0.593. The smallest absolute Gasteiger partial charge is 0.326 e. The van der Waals surface area contributed by atoms with E-state index in [0.29, 0.717) is 0 Å². The van der Waals surface area contributed by atoms with Gasteiger partial charge in [-0.3, -0.25) is 4.79 Å². The molecule has 2 fully saturated rings. The van der Waals surface area contributed by atoms with Gasteiger partial charge in [-0.1, -0.05) is 0 Å². The van der Waals surface area contributed by atoms with Gasteiger partial charge < -0.3 is 10.5 Å². The van der Waals surface area contributed by atoms with Gasteiger partial charge in [-0.05, 0) is 19.3 Å². The van der Waals surface area contributed by atoms with Crippen molar-refractivity contribution in [2.24, 2.45) is 11.1 Å². The van der Waals surface area contributed by atoms with E-state index in [0.717, 1.165) is 19.3 Å². The molecule has 2 saturated carbocycles. The molecule has 3 nitrogen and oxygen atoms in total. The third kappa shape index (κ3) is 0.876. The van der Waals surface area contributed by atoms with Gasteiger partial charge in [0.2, 0.25) is 0 Å². The number of halogens is 1. The van der Waals surface area contributed by atoms with E-state index in [4.69, 9.17) is 5.73 Å². The predicted molar refractivity (Wildman–Crippen MR) is 42.5 cm³/mol. The van der Waals surface area contributed by atoms with Crippen molar-refractivity contribution in [3.63, 3.8) is 0 Å². The lowest BCUT2D eigenvalue weighted by atomic mass is 10.2. The van der Waals surface area contributed by atoms with Gasteiger partial charge in [0, 0.05) is 5.41 Å². The van der Waals surface area contributed by atoms with E-state index in [1.807, 2.05) is 0 Å². The third-order valence-corrected chi connectivity index (χ3v) is 2.84. The van der Waals surface area contributed by atoms with E-state index in [2.05, 4.69) is 4.74 Å². The first-order chi connectivity index (χ1) is 4.65. The molecule has 0 aromatic carbocycles. The van der Waals surface area contributed by atoms with Gasteiger partial charge in [0.05, 0.1) is 7.11 Å². The highest BCUT2D eigenvalue weighted by Crippen LogP contribution is 2.71. The first kappa shape index (κ1) is 8.81.